The van der Waals surface area contributed by atoms with Gasteiger partial charge >= 0.3 is 0 Å². The van der Waals surface area contributed by atoms with Crippen molar-refractivity contribution in [1.29, 1.82) is 0 Å². The fraction of sp³-hybridized carbons (Fsp3) is 0.333. The molecule has 52 valence electrons. The summed E-state index contributed by atoms with van der Waals surface area (Å²) in [4.78, 5) is 1.25. The highest BCUT2D eigenvalue weighted by Crippen LogP contribution is 2.14. The summed E-state index contributed by atoms with van der Waals surface area (Å²) in [5.74, 6) is 0. The minimum absolute atomic E-state index is 0. The van der Waals surface area contributed by atoms with Crippen molar-refractivity contribution >= 4 is 11.3 Å². The summed E-state index contributed by atoms with van der Waals surface area (Å²) in [6, 6.07) is 4.27. The maximum Gasteiger partial charge on any atom is 0.0360 e. The first kappa shape index (κ1) is 8.95. The monoisotopic (exact) mass is 162 g/mol. The zero-order valence-electron chi connectivity index (χ0n) is 5.17. The summed E-state index contributed by atoms with van der Waals surface area (Å²) in [7, 11) is 0. The first-order valence-electron chi connectivity index (χ1n) is 2.59. The predicted molar refractivity (Wildman–Crippen MR) is 36.9 cm³/mol. The van der Waals surface area contributed by atoms with E-state index in [9.17, 15) is 0 Å². The van der Waals surface area contributed by atoms with Crippen molar-refractivity contribution in [2.45, 2.75) is 13.0 Å². The van der Waals surface area contributed by atoms with Gasteiger partial charge in [0.05, 0.1) is 0 Å². The van der Waals surface area contributed by atoms with Crippen LogP contribution >= 0.6 is 11.3 Å². The van der Waals surface area contributed by atoms with Gasteiger partial charge in [-0.05, 0) is 18.4 Å². The summed E-state index contributed by atoms with van der Waals surface area (Å²) >= 11 is 1.71. The lowest BCUT2D eigenvalue weighted by molar-refractivity contribution is -0.00000177. The minimum Gasteiger partial charge on any atom is -1.00 e. The van der Waals surface area contributed by atoms with E-state index in [2.05, 4.69) is 6.07 Å². The topological polar surface area (TPSA) is 26.0 Å². The molecule has 0 saturated heterocycles. The van der Waals surface area contributed by atoms with Crippen LogP contribution in [0.15, 0.2) is 17.5 Å². The number of rotatable bonds is 1. The van der Waals surface area contributed by atoms with E-state index >= 15 is 0 Å². The number of nitrogens with two attached hydrogens (primary N) is 1. The fourth-order valence-electron chi connectivity index (χ4n) is 0.550. The van der Waals surface area contributed by atoms with Crippen molar-refractivity contribution in [1.82, 2.24) is 0 Å². The summed E-state index contributed by atoms with van der Waals surface area (Å²) < 4.78 is 0. The number of halogens is 1. The van der Waals surface area contributed by atoms with Gasteiger partial charge in [-0.15, -0.1) is 11.3 Å². The largest absolute Gasteiger partial charge is 1.00 e. The van der Waals surface area contributed by atoms with E-state index in [4.69, 9.17) is 5.73 Å². The number of thiophene rings is 1. The molecule has 1 atom stereocenters. The molecule has 0 aromatic carbocycles. The van der Waals surface area contributed by atoms with Crippen LogP contribution in [0.2, 0.25) is 0 Å². The van der Waals surface area contributed by atoms with Gasteiger partial charge < -0.3 is 18.1 Å². The van der Waals surface area contributed by atoms with Crippen LogP contribution in [0.4, 0.5) is 0 Å². The molecule has 1 rings (SSSR count). The highest BCUT2D eigenvalue weighted by molar-refractivity contribution is 7.10. The second kappa shape index (κ2) is 3.88. The Balaban J connectivity index is 0.000000640. The lowest BCUT2D eigenvalue weighted by atomic mass is 10.3. The molecule has 2 N–H and O–H groups in total. The Morgan fingerprint density at radius 3 is 2.56 bits per heavy atom. The summed E-state index contributed by atoms with van der Waals surface area (Å²) in [6.07, 6.45) is 0. The van der Waals surface area contributed by atoms with Crippen LogP contribution in [0.3, 0.4) is 0 Å². The quantitative estimate of drug-likeness (QED) is 0.550. The zero-order chi connectivity index (χ0) is 5.98. The van der Waals surface area contributed by atoms with E-state index in [1.807, 2.05) is 18.4 Å². The molecule has 0 radical (unpaired) electrons. The Labute approximate surface area is 65.3 Å². The average molecular weight is 163 g/mol. The standard InChI is InChI=1S/C6H9NS.ClH/c1-5(7)6-3-2-4-8-6;/h2-5H,7H2,1H3;1H/p-1. The van der Waals surface area contributed by atoms with Gasteiger partial charge in [-0.1, -0.05) is 6.07 Å². The molecule has 1 aromatic rings. The van der Waals surface area contributed by atoms with Crippen molar-refractivity contribution in [3.8, 4) is 0 Å². The maximum absolute atomic E-state index is 5.57. The van der Waals surface area contributed by atoms with Crippen molar-refractivity contribution in [3.05, 3.63) is 22.4 Å². The van der Waals surface area contributed by atoms with Crippen LogP contribution in [0.25, 0.3) is 0 Å². The third kappa shape index (κ3) is 2.35. The molecule has 0 aliphatic rings. The normalized spacial score (nSPS) is 12.2. The van der Waals surface area contributed by atoms with E-state index in [-0.39, 0.29) is 18.4 Å². The minimum atomic E-state index is 0. The average Bonchev–Trinajstić information content (AvgIpc) is 2.12. The van der Waals surface area contributed by atoms with E-state index in [0.29, 0.717) is 0 Å². The third-order valence-electron chi connectivity index (χ3n) is 0.992. The molecule has 0 aliphatic heterocycles. The molecular formula is C6H9ClNS-. The number of hydrogen-bond donors (Lipinski definition) is 1. The van der Waals surface area contributed by atoms with Crippen LogP contribution < -0.4 is 18.1 Å². The summed E-state index contributed by atoms with van der Waals surface area (Å²) in [5.41, 5.74) is 5.57. The summed E-state index contributed by atoms with van der Waals surface area (Å²) in [5, 5.41) is 2.04. The first-order chi connectivity index (χ1) is 3.80. The Morgan fingerprint density at radius 1 is 1.67 bits per heavy atom. The molecule has 1 nitrogen and oxygen atoms in total. The van der Waals surface area contributed by atoms with Gasteiger partial charge in [0.25, 0.3) is 0 Å². The molecule has 1 heterocycles. The van der Waals surface area contributed by atoms with Crippen LogP contribution in [0.5, 0.6) is 0 Å². The van der Waals surface area contributed by atoms with Gasteiger partial charge in [-0.2, -0.15) is 0 Å². The van der Waals surface area contributed by atoms with Crippen LogP contribution in [0, 0.1) is 0 Å². The van der Waals surface area contributed by atoms with Crippen LogP contribution in [-0.4, -0.2) is 0 Å². The highest BCUT2D eigenvalue weighted by atomic mass is 35.5. The van der Waals surface area contributed by atoms with Crippen molar-refractivity contribution < 1.29 is 12.4 Å². The lowest BCUT2D eigenvalue weighted by Gasteiger charge is -1.96. The Kier molecular flexibility index (Phi) is 3.86. The lowest BCUT2D eigenvalue weighted by Crippen LogP contribution is -3.00. The van der Waals surface area contributed by atoms with Crippen LogP contribution in [0.1, 0.15) is 17.8 Å². The molecule has 0 aliphatic carbocycles. The van der Waals surface area contributed by atoms with Gasteiger partial charge in [0, 0.05) is 10.9 Å². The van der Waals surface area contributed by atoms with E-state index in [1.54, 1.807) is 11.3 Å². The summed E-state index contributed by atoms with van der Waals surface area (Å²) in [6.45, 7) is 1.99. The van der Waals surface area contributed by atoms with E-state index in [1.165, 1.54) is 4.88 Å². The van der Waals surface area contributed by atoms with Gasteiger partial charge in [-0.3, -0.25) is 0 Å². The predicted octanol–water partition coefficient (Wildman–Crippen LogP) is -1.23. The molecule has 0 amide bonds. The molecule has 1 aromatic heterocycles. The number of hydrogen-bond acceptors (Lipinski definition) is 2. The highest BCUT2D eigenvalue weighted by Gasteiger charge is 1.95. The molecule has 0 saturated carbocycles. The van der Waals surface area contributed by atoms with Crippen molar-refractivity contribution in [2.75, 3.05) is 0 Å². The van der Waals surface area contributed by atoms with Gasteiger partial charge in [0.1, 0.15) is 0 Å². The molecule has 0 bridgehead atoms. The molecule has 0 spiro atoms. The van der Waals surface area contributed by atoms with Gasteiger partial charge in [-0.25, -0.2) is 0 Å². The van der Waals surface area contributed by atoms with Crippen molar-refractivity contribution in [3.63, 3.8) is 0 Å². The van der Waals surface area contributed by atoms with Gasteiger partial charge in [0.2, 0.25) is 0 Å². The fourth-order valence-corrected chi connectivity index (χ4v) is 1.24. The molecule has 1 unspecified atom stereocenters. The van der Waals surface area contributed by atoms with Gasteiger partial charge in [0.15, 0.2) is 0 Å². The van der Waals surface area contributed by atoms with E-state index in [0.717, 1.165) is 0 Å². The van der Waals surface area contributed by atoms with E-state index < -0.39 is 0 Å². The second-order valence-electron chi connectivity index (χ2n) is 1.80. The first-order valence-corrected chi connectivity index (χ1v) is 3.47. The zero-order valence-corrected chi connectivity index (χ0v) is 6.75. The Bertz CT molecular complexity index is 148. The smallest absolute Gasteiger partial charge is 0.0360 e. The molecule has 9 heavy (non-hydrogen) atoms. The Morgan fingerprint density at radius 2 is 2.33 bits per heavy atom. The molecule has 0 fully saturated rings. The maximum atomic E-state index is 5.57. The SMILES string of the molecule is CC(N)c1cccs1.[Cl-]. The molecular weight excluding hydrogens is 154 g/mol. The Hall–Kier alpha value is -0.0500. The second-order valence-corrected chi connectivity index (χ2v) is 2.78. The molecule has 3 heteroatoms. The third-order valence-corrected chi connectivity index (χ3v) is 2.07. The van der Waals surface area contributed by atoms with Crippen molar-refractivity contribution in [2.24, 2.45) is 5.73 Å². The van der Waals surface area contributed by atoms with Crippen LogP contribution in [-0.2, 0) is 0 Å².